The summed E-state index contributed by atoms with van der Waals surface area (Å²) in [7, 11) is 1.41. The SMILES string of the molecule is COOOSCCCc1ccccc1. The van der Waals surface area contributed by atoms with Crippen LogP contribution in [0, 0.1) is 0 Å². The molecule has 1 aromatic carbocycles. The number of hydrogen-bond donors (Lipinski definition) is 0. The van der Waals surface area contributed by atoms with Crippen LogP contribution < -0.4 is 0 Å². The second-order valence-corrected chi connectivity index (χ2v) is 3.49. The fraction of sp³-hybridized carbons (Fsp3) is 0.400. The molecular weight excluding hydrogens is 200 g/mol. The van der Waals surface area contributed by atoms with Crippen LogP contribution >= 0.6 is 12.0 Å². The molecule has 0 aliphatic heterocycles. The van der Waals surface area contributed by atoms with Gasteiger partial charge in [-0.05, 0) is 18.4 Å². The van der Waals surface area contributed by atoms with Crippen molar-refractivity contribution in [2.45, 2.75) is 12.8 Å². The van der Waals surface area contributed by atoms with Crippen LogP contribution in [0.15, 0.2) is 30.3 Å². The lowest BCUT2D eigenvalue weighted by atomic mass is 10.1. The van der Waals surface area contributed by atoms with Gasteiger partial charge in [-0.1, -0.05) is 35.4 Å². The van der Waals surface area contributed by atoms with Gasteiger partial charge in [0.15, 0.2) is 0 Å². The van der Waals surface area contributed by atoms with Gasteiger partial charge in [0.1, 0.15) is 0 Å². The Bertz CT molecular complexity index is 228. The summed E-state index contributed by atoms with van der Waals surface area (Å²) >= 11 is 1.25. The largest absolute Gasteiger partial charge is 0.209 e. The molecule has 0 fully saturated rings. The molecule has 78 valence electrons. The standard InChI is InChI=1S/C10H14O3S/c1-11-12-13-14-9-5-8-10-6-3-2-4-7-10/h2-4,6-7H,5,8-9H2,1H3. The first-order chi connectivity index (χ1) is 6.93. The molecule has 0 heterocycles. The van der Waals surface area contributed by atoms with Crippen molar-refractivity contribution in [3.63, 3.8) is 0 Å². The first-order valence-corrected chi connectivity index (χ1v) is 5.37. The summed E-state index contributed by atoms with van der Waals surface area (Å²) in [6.07, 6.45) is 2.12. The van der Waals surface area contributed by atoms with Crippen molar-refractivity contribution >= 4 is 12.0 Å². The normalized spacial score (nSPS) is 10.4. The van der Waals surface area contributed by atoms with E-state index in [9.17, 15) is 0 Å². The summed E-state index contributed by atoms with van der Waals surface area (Å²) in [5.74, 6) is 0.887. The van der Waals surface area contributed by atoms with E-state index in [4.69, 9.17) is 0 Å². The fourth-order valence-electron chi connectivity index (χ4n) is 1.06. The minimum atomic E-state index is 0.887. The summed E-state index contributed by atoms with van der Waals surface area (Å²) in [4.78, 5) is 4.26. The Hall–Kier alpha value is -0.550. The highest BCUT2D eigenvalue weighted by Crippen LogP contribution is 2.09. The number of rotatable bonds is 7. The zero-order valence-corrected chi connectivity index (χ0v) is 8.96. The van der Waals surface area contributed by atoms with Crippen LogP contribution in [0.25, 0.3) is 0 Å². The Morgan fingerprint density at radius 3 is 2.71 bits per heavy atom. The number of benzene rings is 1. The maximum Gasteiger partial charge on any atom is 0.0744 e. The monoisotopic (exact) mass is 214 g/mol. The van der Waals surface area contributed by atoms with Crippen LogP contribution in [0.5, 0.6) is 0 Å². The minimum absolute atomic E-state index is 0.887. The highest BCUT2D eigenvalue weighted by molar-refractivity contribution is 7.94. The molecule has 0 spiro atoms. The van der Waals surface area contributed by atoms with Crippen molar-refractivity contribution in [2.75, 3.05) is 12.9 Å². The van der Waals surface area contributed by atoms with E-state index in [0.29, 0.717) is 0 Å². The Kier molecular flexibility index (Phi) is 6.43. The van der Waals surface area contributed by atoms with Gasteiger partial charge in [0.2, 0.25) is 0 Å². The third-order valence-corrected chi connectivity index (χ3v) is 2.29. The average molecular weight is 214 g/mol. The molecule has 0 radical (unpaired) electrons. The van der Waals surface area contributed by atoms with E-state index < -0.39 is 0 Å². The van der Waals surface area contributed by atoms with E-state index in [1.54, 1.807) is 0 Å². The highest BCUT2D eigenvalue weighted by Gasteiger charge is 1.93. The van der Waals surface area contributed by atoms with Gasteiger partial charge in [-0.25, -0.2) is 4.89 Å². The maximum atomic E-state index is 4.62. The summed E-state index contributed by atoms with van der Waals surface area (Å²) in [6, 6.07) is 10.4. The summed E-state index contributed by atoms with van der Waals surface area (Å²) in [5, 5.41) is 4.25. The Morgan fingerprint density at radius 2 is 2.00 bits per heavy atom. The first-order valence-electron chi connectivity index (χ1n) is 4.46. The minimum Gasteiger partial charge on any atom is -0.209 e. The molecule has 14 heavy (non-hydrogen) atoms. The number of aryl methyl sites for hydroxylation is 1. The molecule has 0 unspecified atom stereocenters. The summed E-state index contributed by atoms with van der Waals surface area (Å²) in [5.41, 5.74) is 1.35. The second kappa shape index (κ2) is 7.82. The van der Waals surface area contributed by atoms with Crippen LogP contribution in [-0.2, 0) is 20.7 Å². The molecule has 0 saturated heterocycles. The smallest absolute Gasteiger partial charge is 0.0744 e. The van der Waals surface area contributed by atoms with E-state index >= 15 is 0 Å². The van der Waals surface area contributed by atoms with E-state index in [1.807, 2.05) is 18.2 Å². The lowest BCUT2D eigenvalue weighted by Crippen LogP contribution is -1.90. The quantitative estimate of drug-likeness (QED) is 0.302. The third kappa shape index (κ3) is 5.24. The van der Waals surface area contributed by atoms with Gasteiger partial charge in [0, 0.05) is 17.8 Å². The Labute approximate surface area is 88.4 Å². The zero-order chi connectivity index (χ0) is 10.1. The molecule has 1 aromatic rings. The predicted molar refractivity (Wildman–Crippen MR) is 56.4 cm³/mol. The lowest BCUT2D eigenvalue weighted by Gasteiger charge is -2.00. The van der Waals surface area contributed by atoms with Gasteiger partial charge in [-0.3, -0.25) is 0 Å². The average Bonchev–Trinajstić information content (AvgIpc) is 2.25. The molecule has 0 amide bonds. The van der Waals surface area contributed by atoms with Crippen LogP contribution in [0.4, 0.5) is 0 Å². The van der Waals surface area contributed by atoms with Crippen molar-refractivity contribution in [1.82, 2.24) is 0 Å². The van der Waals surface area contributed by atoms with Crippen molar-refractivity contribution in [2.24, 2.45) is 0 Å². The molecule has 0 aliphatic carbocycles. The van der Waals surface area contributed by atoms with Gasteiger partial charge >= 0.3 is 0 Å². The second-order valence-electron chi connectivity index (χ2n) is 2.71. The molecule has 0 bridgehead atoms. The molecule has 0 aromatic heterocycles. The molecule has 0 aliphatic rings. The Balaban J connectivity index is 1.99. The van der Waals surface area contributed by atoms with Gasteiger partial charge in [0.25, 0.3) is 0 Å². The van der Waals surface area contributed by atoms with Crippen LogP contribution in [0.3, 0.4) is 0 Å². The van der Waals surface area contributed by atoms with Crippen LogP contribution in [-0.4, -0.2) is 12.9 Å². The van der Waals surface area contributed by atoms with Crippen molar-refractivity contribution < 1.29 is 14.3 Å². The summed E-state index contributed by atoms with van der Waals surface area (Å²) < 4.78 is 4.62. The Morgan fingerprint density at radius 1 is 1.21 bits per heavy atom. The van der Waals surface area contributed by atoms with E-state index in [-0.39, 0.29) is 0 Å². The van der Waals surface area contributed by atoms with Gasteiger partial charge in [-0.15, -0.1) is 4.33 Å². The van der Waals surface area contributed by atoms with E-state index in [2.05, 4.69) is 26.4 Å². The van der Waals surface area contributed by atoms with Gasteiger partial charge in [-0.2, -0.15) is 0 Å². The van der Waals surface area contributed by atoms with Crippen molar-refractivity contribution in [3.8, 4) is 0 Å². The lowest BCUT2D eigenvalue weighted by molar-refractivity contribution is -0.447. The molecule has 0 atom stereocenters. The van der Waals surface area contributed by atoms with Gasteiger partial charge < -0.3 is 0 Å². The maximum absolute atomic E-state index is 4.62. The van der Waals surface area contributed by atoms with Crippen molar-refractivity contribution in [1.29, 1.82) is 0 Å². The molecular formula is C10H14O3S. The molecule has 4 heteroatoms. The fourth-order valence-corrected chi connectivity index (χ4v) is 1.49. The molecule has 0 N–H and O–H groups in total. The highest BCUT2D eigenvalue weighted by atomic mass is 32.2. The van der Waals surface area contributed by atoms with E-state index in [0.717, 1.165) is 18.6 Å². The van der Waals surface area contributed by atoms with Crippen LogP contribution in [0.2, 0.25) is 0 Å². The zero-order valence-electron chi connectivity index (χ0n) is 8.14. The predicted octanol–water partition coefficient (Wildman–Crippen LogP) is 2.78. The first kappa shape index (κ1) is 11.5. The molecule has 0 saturated carbocycles. The molecule has 3 nitrogen and oxygen atoms in total. The molecule has 1 rings (SSSR count). The number of hydrogen-bond acceptors (Lipinski definition) is 4. The third-order valence-electron chi connectivity index (χ3n) is 1.68. The van der Waals surface area contributed by atoms with Gasteiger partial charge in [0.05, 0.1) is 7.11 Å². The van der Waals surface area contributed by atoms with E-state index in [1.165, 1.54) is 24.7 Å². The van der Waals surface area contributed by atoms with Crippen molar-refractivity contribution in [3.05, 3.63) is 35.9 Å². The topological polar surface area (TPSA) is 27.7 Å². The summed E-state index contributed by atoms with van der Waals surface area (Å²) in [6.45, 7) is 0. The van der Waals surface area contributed by atoms with Crippen LogP contribution in [0.1, 0.15) is 12.0 Å².